The van der Waals surface area contributed by atoms with E-state index in [9.17, 15) is 14.4 Å². The van der Waals surface area contributed by atoms with Gasteiger partial charge < -0.3 is 11.1 Å². The number of rotatable bonds is 6. The average molecular weight is 398 g/mol. The number of nitrogens with two attached hydrogens (primary N) is 1. The lowest BCUT2D eigenvalue weighted by Crippen LogP contribution is -2.28. The molecule has 0 fully saturated rings. The lowest BCUT2D eigenvalue weighted by Gasteiger charge is -2.14. The van der Waals surface area contributed by atoms with Gasteiger partial charge in [-0.2, -0.15) is 0 Å². The second-order valence-corrected chi connectivity index (χ2v) is 7.85. The Morgan fingerprint density at radius 3 is 2.54 bits per heavy atom. The molecule has 0 aliphatic carbocycles. The molecule has 0 spiro atoms. The van der Waals surface area contributed by atoms with Crippen LogP contribution in [0.3, 0.4) is 0 Å². The van der Waals surface area contributed by atoms with Crippen molar-refractivity contribution in [2.45, 2.75) is 39.7 Å². The molecule has 3 rings (SSSR count). The number of carbonyl (C=O) groups is 2. The summed E-state index contributed by atoms with van der Waals surface area (Å²) in [5, 5.41) is 3.26. The average Bonchev–Trinajstić information content (AvgIpc) is 2.98. The van der Waals surface area contributed by atoms with E-state index in [4.69, 9.17) is 5.73 Å². The number of nitrogens with one attached hydrogen (secondary N) is 1. The van der Waals surface area contributed by atoms with Gasteiger partial charge in [0.2, 0.25) is 5.91 Å². The highest BCUT2D eigenvalue weighted by Crippen LogP contribution is 2.29. The molecular formula is C20H22N4O3S. The quantitative estimate of drug-likeness (QED) is 0.665. The number of hydrogen-bond donors (Lipinski definition) is 2. The molecule has 0 aliphatic rings. The Balaban J connectivity index is 2.09. The summed E-state index contributed by atoms with van der Waals surface area (Å²) in [6, 6.07) is 9.13. The molecule has 2 heterocycles. The van der Waals surface area contributed by atoms with E-state index in [1.807, 2.05) is 32.0 Å². The van der Waals surface area contributed by atoms with Gasteiger partial charge >= 0.3 is 0 Å². The van der Waals surface area contributed by atoms with Crippen molar-refractivity contribution >= 4 is 39.1 Å². The van der Waals surface area contributed by atoms with E-state index in [0.29, 0.717) is 32.2 Å². The second-order valence-electron chi connectivity index (χ2n) is 6.85. The Bertz CT molecular complexity index is 1100. The number of para-hydroxylation sites is 1. The zero-order valence-corrected chi connectivity index (χ0v) is 16.8. The number of aryl methyl sites for hydroxylation is 1. The molecule has 3 aromatic rings. The number of hydrogen-bond acceptors (Lipinski definition) is 5. The molecule has 0 saturated heterocycles. The van der Waals surface area contributed by atoms with Gasteiger partial charge in [0.1, 0.15) is 10.7 Å². The van der Waals surface area contributed by atoms with Gasteiger partial charge in [-0.1, -0.05) is 32.0 Å². The van der Waals surface area contributed by atoms with Crippen LogP contribution in [0, 0.1) is 6.92 Å². The van der Waals surface area contributed by atoms with Crippen LogP contribution < -0.4 is 16.6 Å². The van der Waals surface area contributed by atoms with Crippen molar-refractivity contribution in [3.05, 3.63) is 57.0 Å². The number of aromatic nitrogens is 2. The van der Waals surface area contributed by atoms with Crippen molar-refractivity contribution in [2.24, 2.45) is 5.73 Å². The predicted octanol–water partition coefficient (Wildman–Crippen LogP) is 3.02. The predicted molar refractivity (Wildman–Crippen MR) is 111 cm³/mol. The molecule has 0 aliphatic heterocycles. The Morgan fingerprint density at radius 1 is 1.25 bits per heavy atom. The summed E-state index contributed by atoms with van der Waals surface area (Å²) in [6.07, 6.45) is 0.0529. The third kappa shape index (κ3) is 3.82. The number of carbonyl (C=O) groups excluding carboxylic acids is 2. The summed E-state index contributed by atoms with van der Waals surface area (Å²) in [5.74, 6) is -0.198. The van der Waals surface area contributed by atoms with Crippen LogP contribution in [0.25, 0.3) is 10.2 Å². The van der Waals surface area contributed by atoms with Gasteiger partial charge in [0.25, 0.3) is 11.5 Å². The fraction of sp³-hybridized carbons (Fsp3) is 0.300. The third-order valence-corrected chi connectivity index (χ3v) is 5.60. The molecule has 146 valence electrons. The second kappa shape index (κ2) is 7.93. The van der Waals surface area contributed by atoms with Gasteiger partial charge in [-0.05, 0) is 24.6 Å². The summed E-state index contributed by atoms with van der Waals surface area (Å²) >= 11 is 1.20. The van der Waals surface area contributed by atoms with E-state index in [1.54, 1.807) is 19.1 Å². The van der Waals surface area contributed by atoms with Crippen LogP contribution in [0.15, 0.2) is 35.1 Å². The number of fused-ring (bicyclic) bond motifs is 1. The molecule has 2 amide bonds. The maximum absolute atomic E-state index is 13.1. The highest BCUT2D eigenvalue weighted by atomic mass is 32.1. The van der Waals surface area contributed by atoms with Crippen molar-refractivity contribution in [1.82, 2.24) is 9.55 Å². The van der Waals surface area contributed by atoms with E-state index < -0.39 is 5.91 Å². The van der Waals surface area contributed by atoms with Crippen LogP contribution >= 0.6 is 11.3 Å². The Kier molecular flexibility index (Phi) is 5.60. The zero-order chi connectivity index (χ0) is 20.4. The maximum atomic E-state index is 13.1. The highest BCUT2D eigenvalue weighted by molar-refractivity contribution is 7.20. The van der Waals surface area contributed by atoms with Crippen LogP contribution in [0.4, 0.5) is 5.69 Å². The van der Waals surface area contributed by atoms with Crippen molar-refractivity contribution in [3.63, 3.8) is 0 Å². The first kappa shape index (κ1) is 19.8. The molecule has 0 atom stereocenters. The van der Waals surface area contributed by atoms with Crippen molar-refractivity contribution in [3.8, 4) is 0 Å². The van der Waals surface area contributed by atoms with Gasteiger partial charge in [-0.15, -0.1) is 11.3 Å². The number of primary amides is 1. The van der Waals surface area contributed by atoms with Crippen LogP contribution in [-0.2, 0) is 11.3 Å². The van der Waals surface area contributed by atoms with Gasteiger partial charge in [0, 0.05) is 24.6 Å². The molecule has 0 radical (unpaired) electrons. The fourth-order valence-electron chi connectivity index (χ4n) is 3.04. The standard InChI is InChI=1S/C20H22N4O3S/c1-11(2)17-23-19-15(20(27)24(17)10-9-14(21)25)12(3)16(28-19)18(26)22-13-7-5-4-6-8-13/h4-8,11H,9-10H2,1-3H3,(H2,21,25)(H,22,26). The molecule has 1 aromatic carbocycles. The number of amides is 2. The minimum absolute atomic E-state index is 0.0195. The highest BCUT2D eigenvalue weighted by Gasteiger charge is 2.22. The molecule has 0 bridgehead atoms. The lowest BCUT2D eigenvalue weighted by molar-refractivity contribution is -0.118. The Hall–Kier alpha value is -3.00. The number of benzene rings is 1. The molecule has 7 nitrogen and oxygen atoms in total. The first-order chi connectivity index (χ1) is 13.3. The van der Waals surface area contributed by atoms with E-state index in [1.165, 1.54) is 15.9 Å². The minimum atomic E-state index is -0.480. The normalized spacial score (nSPS) is 11.1. The first-order valence-electron chi connectivity index (χ1n) is 8.98. The summed E-state index contributed by atoms with van der Waals surface area (Å²) in [4.78, 5) is 42.7. The van der Waals surface area contributed by atoms with Gasteiger partial charge in [0.05, 0.1) is 10.3 Å². The number of thiophene rings is 1. The zero-order valence-electron chi connectivity index (χ0n) is 16.0. The Labute approximate surface area is 166 Å². The van der Waals surface area contributed by atoms with E-state index in [-0.39, 0.29) is 30.3 Å². The van der Waals surface area contributed by atoms with Crippen LogP contribution in [0.5, 0.6) is 0 Å². The first-order valence-corrected chi connectivity index (χ1v) is 9.79. The maximum Gasteiger partial charge on any atom is 0.266 e. The SMILES string of the molecule is Cc1c(C(=O)Nc2ccccc2)sc2nc(C(C)C)n(CCC(N)=O)c(=O)c12. The largest absolute Gasteiger partial charge is 0.370 e. The molecule has 0 saturated carbocycles. The third-order valence-electron chi connectivity index (χ3n) is 4.42. The molecular weight excluding hydrogens is 376 g/mol. The molecule has 28 heavy (non-hydrogen) atoms. The smallest absolute Gasteiger partial charge is 0.266 e. The summed E-state index contributed by atoms with van der Waals surface area (Å²) in [7, 11) is 0. The van der Waals surface area contributed by atoms with E-state index in [0.717, 1.165) is 0 Å². The molecule has 2 aromatic heterocycles. The number of nitrogens with zero attached hydrogens (tertiary/aromatic N) is 2. The topological polar surface area (TPSA) is 107 Å². The minimum Gasteiger partial charge on any atom is -0.370 e. The van der Waals surface area contributed by atoms with Crippen molar-refractivity contribution in [1.29, 1.82) is 0 Å². The molecule has 3 N–H and O–H groups in total. The van der Waals surface area contributed by atoms with E-state index >= 15 is 0 Å². The monoisotopic (exact) mass is 398 g/mol. The van der Waals surface area contributed by atoms with Crippen molar-refractivity contribution in [2.75, 3.05) is 5.32 Å². The van der Waals surface area contributed by atoms with Crippen molar-refractivity contribution < 1.29 is 9.59 Å². The van der Waals surface area contributed by atoms with Crippen LogP contribution in [-0.4, -0.2) is 21.4 Å². The summed E-state index contributed by atoms with van der Waals surface area (Å²) in [5.41, 5.74) is 6.27. The summed E-state index contributed by atoms with van der Waals surface area (Å²) < 4.78 is 1.50. The van der Waals surface area contributed by atoms with Gasteiger partial charge in [-0.3, -0.25) is 19.0 Å². The molecule has 0 unspecified atom stereocenters. The van der Waals surface area contributed by atoms with Crippen LogP contribution in [0.2, 0.25) is 0 Å². The van der Waals surface area contributed by atoms with Gasteiger partial charge in [-0.25, -0.2) is 4.98 Å². The summed E-state index contributed by atoms with van der Waals surface area (Å²) in [6.45, 7) is 5.77. The number of anilines is 1. The van der Waals surface area contributed by atoms with E-state index in [2.05, 4.69) is 10.3 Å². The fourth-order valence-corrected chi connectivity index (χ4v) is 4.11. The lowest BCUT2D eigenvalue weighted by atomic mass is 10.1. The van der Waals surface area contributed by atoms with Gasteiger partial charge in [0.15, 0.2) is 0 Å². The van der Waals surface area contributed by atoms with Crippen LogP contribution in [0.1, 0.15) is 47.2 Å². The molecule has 8 heteroatoms. The Morgan fingerprint density at radius 2 is 1.93 bits per heavy atom.